The van der Waals surface area contributed by atoms with E-state index in [1.807, 2.05) is 7.05 Å². The van der Waals surface area contributed by atoms with E-state index in [0.29, 0.717) is 23.4 Å². The Morgan fingerprint density at radius 3 is 2.79 bits per heavy atom. The molecule has 1 aliphatic heterocycles. The second-order valence-corrected chi connectivity index (χ2v) is 8.81. The van der Waals surface area contributed by atoms with E-state index in [2.05, 4.69) is 24.3 Å². The van der Waals surface area contributed by atoms with Crippen LogP contribution in [0.5, 0.6) is 0 Å². The van der Waals surface area contributed by atoms with E-state index in [4.69, 9.17) is 0 Å². The lowest BCUT2D eigenvalue weighted by atomic mass is 9.91. The molecule has 29 heavy (non-hydrogen) atoms. The van der Waals surface area contributed by atoms with Gasteiger partial charge in [-0.15, -0.1) is 0 Å². The van der Waals surface area contributed by atoms with Gasteiger partial charge in [0.05, 0.1) is 12.1 Å². The third-order valence-corrected chi connectivity index (χ3v) is 6.52. The van der Waals surface area contributed by atoms with Gasteiger partial charge in [0.25, 0.3) is 5.56 Å². The number of nitrogens with one attached hydrogen (secondary N) is 2. The zero-order chi connectivity index (χ0) is 20.4. The first kappa shape index (κ1) is 20.5. The number of hydrogen-bond donors (Lipinski definition) is 3. The summed E-state index contributed by atoms with van der Waals surface area (Å²) in [5.41, 5.74) is 0.112. The molecular formula is C19H27FN6O2S. The highest BCUT2D eigenvalue weighted by Gasteiger charge is 2.32. The number of pyridine rings is 1. The molecule has 1 saturated heterocycles. The number of anilines is 1. The number of aliphatic hydroxyl groups is 1. The number of piperidine rings is 1. The van der Waals surface area contributed by atoms with Crippen LogP contribution in [0.15, 0.2) is 23.1 Å². The number of aromatic nitrogens is 3. The lowest BCUT2D eigenvalue weighted by molar-refractivity contribution is 0.0555. The van der Waals surface area contributed by atoms with E-state index in [1.54, 1.807) is 24.4 Å². The Morgan fingerprint density at radius 2 is 2.03 bits per heavy atom. The van der Waals surface area contributed by atoms with Crippen LogP contribution in [0.4, 0.5) is 10.3 Å². The van der Waals surface area contributed by atoms with Crippen molar-refractivity contribution < 1.29 is 9.50 Å². The number of halogens is 1. The quantitative estimate of drug-likeness (QED) is 0.629. The monoisotopic (exact) mass is 422 g/mol. The van der Waals surface area contributed by atoms with E-state index in [9.17, 15) is 14.3 Å². The summed E-state index contributed by atoms with van der Waals surface area (Å²) in [6.45, 7) is 1.90. The zero-order valence-electron chi connectivity index (χ0n) is 16.4. The summed E-state index contributed by atoms with van der Waals surface area (Å²) in [4.78, 5) is 21.6. The summed E-state index contributed by atoms with van der Waals surface area (Å²) in [7, 11) is 1.91. The molecule has 2 aromatic rings. The molecule has 3 N–H and O–H groups in total. The molecule has 0 amide bonds. The van der Waals surface area contributed by atoms with Crippen molar-refractivity contribution >= 4 is 29.1 Å². The molecule has 0 bridgehead atoms. The third kappa shape index (κ3) is 4.55. The number of fused-ring (bicyclic) bond motifs is 1. The molecule has 4 rings (SSSR count). The van der Waals surface area contributed by atoms with Crippen molar-refractivity contribution in [3.05, 3.63) is 28.7 Å². The second kappa shape index (κ2) is 8.95. The highest BCUT2D eigenvalue weighted by Crippen LogP contribution is 2.32. The van der Waals surface area contributed by atoms with Crippen molar-refractivity contribution in [1.29, 1.82) is 0 Å². The largest absolute Gasteiger partial charge is 0.393 e. The van der Waals surface area contributed by atoms with E-state index >= 15 is 0 Å². The van der Waals surface area contributed by atoms with E-state index < -0.39 is 18.3 Å². The van der Waals surface area contributed by atoms with E-state index in [1.165, 1.54) is 10.6 Å². The van der Waals surface area contributed by atoms with Crippen molar-refractivity contribution in [2.45, 2.75) is 56.5 Å². The van der Waals surface area contributed by atoms with Crippen LogP contribution in [-0.2, 0) is 0 Å². The highest BCUT2D eigenvalue weighted by atomic mass is 32.2. The van der Waals surface area contributed by atoms with Gasteiger partial charge in [-0.3, -0.25) is 14.1 Å². The van der Waals surface area contributed by atoms with Gasteiger partial charge < -0.3 is 10.4 Å². The van der Waals surface area contributed by atoms with Gasteiger partial charge in [0.15, 0.2) is 0 Å². The summed E-state index contributed by atoms with van der Waals surface area (Å²) in [6.07, 6.45) is 2.68. The number of alkyl halides is 1. The normalized spacial score (nSPS) is 26.7. The van der Waals surface area contributed by atoms with Gasteiger partial charge in [-0.25, -0.2) is 13.7 Å². The minimum atomic E-state index is -1.18. The fourth-order valence-electron chi connectivity index (χ4n) is 4.19. The van der Waals surface area contributed by atoms with Crippen LogP contribution in [0.2, 0.25) is 0 Å². The molecule has 1 aliphatic carbocycles. The predicted octanol–water partition coefficient (Wildman–Crippen LogP) is 1.87. The van der Waals surface area contributed by atoms with Crippen LogP contribution < -0.4 is 15.6 Å². The molecule has 158 valence electrons. The van der Waals surface area contributed by atoms with Crippen molar-refractivity contribution in [1.82, 2.24) is 23.6 Å². The lowest BCUT2D eigenvalue weighted by Crippen LogP contribution is -2.38. The van der Waals surface area contributed by atoms with Crippen molar-refractivity contribution in [2.24, 2.45) is 0 Å². The number of nitrogens with zero attached hydrogens (tertiary/aromatic N) is 4. The summed E-state index contributed by atoms with van der Waals surface area (Å²) in [6, 6.07) is 2.62. The lowest BCUT2D eigenvalue weighted by Gasteiger charge is -2.32. The Bertz CT molecular complexity index is 904. The molecule has 0 aromatic carbocycles. The Balaban J connectivity index is 1.59. The van der Waals surface area contributed by atoms with Crippen LogP contribution in [0.1, 0.15) is 38.1 Å². The summed E-state index contributed by atoms with van der Waals surface area (Å²) in [5, 5.41) is 14.1. The number of hydrogen-bond acceptors (Lipinski definition) is 8. The van der Waals surface area contributed by atoms with Gasteiger partial charge in [0, 0.05) is 48.9 Å². The molecule has 2 aromatic heterocycles. The van der Waals surface area contributed by atoms with E-state index in [-0.39, 0.29) is 24.4 Å². The Kier molecular flexibility index (Phi) is 6.33. The van der Waals surface area contributed by atoms with Gasteiger partial charge in [-0.1, -0.05) is 0 Å². The summed E-state index contributed by atoms with van der Waals surface area (Å²) in [5.74, 6) is 0.448. The SMILES string of the molecule is CNSN1CCC(Nc2ncc3ccc(=O)n(C4C[C@H](O)CC[C@@H]4F)c3n2)CC1. The summed E-state index contributed by atoms with van der Waals surface area (Å²) < 4.78 is 21.4. The molecular weight excluding hydrogens is 395 g/mol. The van der Waals surface area contributed by atoms with Crippen LogP contribution in [0.25, 0.3) is 11.0 Å². The molecule has 2 aliphatic rings. The Hall–Kier alpha value is -1.75. The molecule has 10 heteroatoms. The van der Waals surface area contributed by atoms with Crippen LogP contribution in [0, 0.1) is 0 Å². The molecule has 3 atom stereocenters. The van der Waals surface area contributed by atoms with Gasteiger partial charge in [0.1, 0.15) is 11.8 Å². The summed E-state index contributed by atoms with van der Waals surface area (Å²) >= 11 is 1.61. The molecule has 8 nitrogen and oxygen atoms in total. The maximum atomic E-state index is 14.6. The maximum Gasteiger partial charge on any atom is 0.252 e. The fourth-order valence-corrected chi connectivity index (χ4v) is 4.84. The highest BCUT2D eigenvalue weighted by molar-refractivity contribution is 7.95. The number of aliphatic hydroxyl groups excluding tert-OH is 1. The first-order valence-corrected chi connectivity index (χ1v) is 10.9. The molecule has 3 heterocycles. The maximum absolute atomic E-state index is 14.6. The molecule has 1 saturated carbocycles. The fraction of sp³-hybridized carbons (Fsp3) is 0.632. The van der Waals surface area contributed by atoms with Gasteiger partial charge in [0.2, 0.25) is 5.95 Å². The topological polar surface area (TPSA) is 95.3 Å². The van der Waals surface area contributed by atoms with Crippen molar-refractivity contribution in [3.63, 3.8) is 0 Å². The van der Waals surface area contributed by atoms with E-state index in [0.717, 1.165) is 25.9 Å². The van der Waals surface area contributed by atoms with Gasteiger partial charge in [-0.05, 0) is 45.2 Å². The molecule has 0 radical (unpaired) electrons. The van der Waals surface area contributed by atoms with Crippen molar-refractivity contribution in [2.75, 3.05) is 25.5 Å². The van der Waals surface area contributed by atoms with Crippen LogP contribution in [-0.4, -0.2) is 62.4 Å². The predicted molar refractivity (Wildman–Crippen MR) is 112 cm³/mol. The second-order valence-electron chi connectivity index (χ2n) is 7.71. The molecule has 1 unspecified atom stereocenters. The third-order valence-electron chi connectivity index (χ3n) is 5.71. The Labute approximate surface area is 173 Å². The van der Waals surface area contributed by atoms with Crippen LogP contribution >= 0.6 is 12.1 Å². The van der Waals surface area contributed by atoms with Gasteiger partial charge in [-0.2, -0.15) is 4.98 Å². The average molecular weight is 423 g/mol. The first-order chi connectivity index (χ1) is 14.0. The minimum absolute atomic E-state index is 0.217. The Morgan fingerprint density at radius 1 is 1.24 bits per heavy atom. The zero-order valence-corrected chi connectivity index (χ0v) is 17.2. The standard InChI is InChI=1S/C19H27FN6O2S/c1-21-29-25-8-6-13(7-9-25)23-19-22-11-12-2-5-17(28)26(18(12)24-19)16-10-14(27)3-4-15(16)20/h2,5,11,13-16,21,27H,3-4,6-10H2,1H3,(H,22,23,24)/t14-,15+,16?/m1/s1. The minimum Gasteiger partial charge on any atom is -0.393 e. The first-order valence-electron chi connectivity index (χ1n) is 10.1. The smallest absolute Gasteiger partial charge is 0.252 e. The van der Waals surface area contributed by atoms with Gasteiger partial charge >= 0.3 is 0 Å². The van der Waals surface area contributed by atoms with Crippen LogP contribution in [0.3, 0.4) is 0 Å². The molecule has 2 fully saturated rings. The van der Waals surface area contributed by atoms with Crippen molar-refractivity contribution in [3.8, 4) is 0 Å². The number of rotatable bonds is 5. The average Bonchev–Trinajstić information content (AvgIpc) is 2.72. The molecule has 0 spiro atoms.